The van der Waals surface area contributed by atoms with Gasteiger partial charge < -0.3 is 10.4 Å². The van der Waals surface area contributed by atoms with E-state index in [-0.39, 0.29) is 5.13 Å². The molecule has 1 aromatic heterocycles. The lowest BCUT2D eigenvalue weighted by atomic mass is 10.0. The summed E-state index contributed by atoms with van der Waals surface area (Å²) in [6.07, 6.45) is -5.14. The van der Waals surface area contributed by atoms with Crippen molar-refractivity contribution in [3.05, 3.63) is 5.51 Å². The summed E-state index contributed by atoms with van der Waals surface area (Å²) in [6.45, 7) is 0.342. The molecule has 1 aromatic rings. The highest BCUT2D eigenvalue weighted by Crippen LogP contribution is 2.30. The zero-order valence-electron chi connectivity index (χ0n) is 8.78. The summed E-state index contributed by atoms with van der Waals surface area (Å²) in [5.74, 6) is -2.22. The predicted molar refractivity (Wildman–Crippen MR) is 54.2 cm³/mol. The Labute approximate surface area is 102 Å². The van der Waals surface area contributed by atoms with E-state index in [0.29, 0.717) is 6.92 Å². The van der Waals surface area contributed by atoms with Crippen molar-refractivity contribution in [2.24, 2.45) is 0 Å². The number of hydrogen-bond acceptors (Lipinski definition) is 5. The van der Waals surface area contributed by atoms with Gasteiger partial charge in [-0.15, -0.1) is 10.2 Å². The van der Waals surface area contributed by atoms with Crippen molar-refractivity contribution in [2.45, 2.75) is 18.6 Å². The number of nitrogens with zero attached hydrogens (tertiary/aromatic N) is 2. The van der Waals surface area contributed by atoms with Crippen LogP contribution in [0, 0.1) is 0 Å². The lowest BCUT2D eigenvalue weighted by Crippen LogP contribution is -2.62. The van der Waals surface area contributed by atoms with Gasteiger partial charge in [0.2, 0.25) is 10.7 Å². The van der Waals surface area contributed by atoms with Gasteiger partial charge in [-0.3, -0.25) is 5.32 Å². The summed E-state index contributed by atoms with van der Waals surface area (Å²) in [5.41, 5.74) is -2.14. The Morgan fingerprint density at radius 1 is 1.44 bits per heavy atom. The van der Waals surface area contributed by atoms with Crippen molar-refractivity contribution in [1.82, 2.24) is 15.5 Å². The number of nitrogens with one attached hydrogen (secondary N) is 2. The summed E-state index contributed by atoms with van der Waals surface area (Å²) in [6, 6.07) is -1.34. The highest BCUT2D eigenvalue weighted by atomic mass is 32.1. The number of carbonyl (C=O) groups excluding carboxylic acids is 1. The summed E-state index contributed by atoms with van der Waals surface area (Å²) < 4.78 is 37.6. The first-order valence-corrected chi connectivity index (χ1v) is 5.20. The molecule has 0 aliphatic rings. The Kier molecular flexibility index (Phi) is 3.74. The zero-order chi connectivity index (χ0) is 14.0. The van der Waals surface area contributed by atoms with Gasteiger partial charge in [-0.25, -0.2) is 9.59 Å². The van der Waals surface area contributed by atoms with Crippen LogP contribution in [0.3, 0.4) is 0 Å². The number of halogens is 3. The molecule has 0 radical (unpaired) electrons. The van der Waals surface area contributed by atoms with Crippen molar-refractivity contribution in [3.63, 3.8) is 0 Å². The summed E-state index contributed by atoms with van der Waals surface area (Å²) in [5, 5.41) is 18.5. The van der Waals surface area contributed by atoms with Gasteiger partial charge in [-0.1, -0.05) is 11.3 Å². The van der Waals surface area contributed by atoms with Crippen LogP contribution in [0.25, 0.3) is 0 Å². The number of aromatic nitrogens is 2. The average molecular weight is 284 g/mol. The molecule has 1 atom stereocenters. The number of carboxylic acid groups (broad SMARTS) is 1. The second kappa shape index (κ2) is 4.76. The maximum atomic E-state index is 12.5. The van der Waals surface area contributed by atoms with Crippen molar-refractivity contribution in [3.8, 4) is 0 Å². The third-order valence-corrected chi connectivity index (χ3v) is 2.55. The number of alkyl halides is 3. The molecule has 0 bridgehead atoms. The van der Waals surface area contributed by atoms with Crippen LogP contribution in [-0.2, 0) is 4.79 Å². The molecule has 0 aromatic carbocycles. The number of aliphatic carboxylic acids is 1. The van der Waals surface area contributed by atoms with Crippen molar-refractivity contribution in [1.29, 1.82) is 0 Å². The molecule has 3 N–H and O–H groups in total. The number of urea groups is 1. The van der Waals surface area contributed by atoms with Gasteiger partial charge in [0, 0.05) is 0 Å². The van der Waals surface area contributed by atoms with E-state index in [1.165, 1.54) is 10.8 Å². The van der Waals surface area contributed by atoms with Gasteiger partial charge in [0.05, 0.1) is 0 Å². The molecule has 0 saturated heterocycles. The smallest absolute Gasteiger partial charge is 0.422 e. The van der Waals surface area contributed by atoms with Crippen LogP contribution in [0.1, 0.15) is 6.92 Å². The fourth-order valence-electron chi connectivity index (χ4n) is 0.829. The first-order valence-electron chi connectivity index (χ1n) is 4.32. The molecule has 0 fully saturated rings. The minimum Gasteiger partial charge on any atom is -0.479 e. The Balaban J connectivity index is 2.80. The molecule has 18 heavy (non-hydrogen) atoms. The fourth-order valence-corrected chi connectivity index (χ4v) is 1.27. The minimum atomic E-state index is -5.14. The number of amides is 2. The van der Waals surface area contributed by atoms with Crippen LogP contribution in [-0.4, -0.2) is 39.0 Å². The fraction of sp³-hybridized carbons (Fsp3) is 0.429. The van der Waals surface area contributed by atoms with Crippen LogP contribution in [0.15, 0.2) is 5.51 Å². The van der Waals surface area contributed by atoms with Gasteiger partial charge in [0.15, 0.2) is 0 Å². The minimum absolute atomic E-state index is 0.0533. The molecule has 2 amide bonds. The molecule has 0 saturated carbocycles. The van der Waals surface area contributed by atoms with Crippen molar-refractivity contribution in [2.75, 3.05) is 5.32 Å². The summed E-state index contributed by atoms with van der Waals surface area (Å²) in [7, 11) is 0. The Hall–Kier alpha value is -1.91. The quantitative estimate of drug-likeness (QED) is 0.770. The molecule has 11 heteroatoms. The highest BCUT2D eigenvalue weighted by molar-refractivity contribution is 7.13. The van der Waals surface area contributed by atoms with Crippen LogP contribution >= 0.6 is 11.3 Å². The maximum absolute atomic E-state index is 12.5. The number of anilines is 1. The Morgan fingerprint density at radius 3 is 2.44 bits per heavy atom. The maximum Gasteiger partial charge on any atom is 0.422 e. The van der Waals surface area contributed by atoms with E-state index in [1.54, 1.807) is 0 Å². The van der Waals surface area contributed by atoms with Gasteiger partial charge in [0.25, 0.3) is 0 Å². The normalized spacial score (nSPS) is 14.7. The second-order valence-corrected chi connectivity index (χ2v) is 4.08. The van der Waals surface area contributed by atoms with E-state index in [9.17, 15) is 22.8 Å². The lowest BCUT2D eigenvalue weighted by molar-refractivity contribution is -0.203. The van der Waals surface area contributed by atoms with Crippen LogP contribution in [0.4, 0.5) is 23.1 Å². The number of hydrogen-bond donors (Lipinski definition) is 3. The molecule has 1 unspecified atom stereocenters. The zero-order valence-corrected chi connectivity index (χ0v) is 9.59. The number of carbonyl (C=O) groups is 2. The van der Waals surface area contributed by atoms with E-state index >= 15 is 0 Å². The second-order valence-electron chi connectivity index (χ2n) is 3.25. The van der Waals surface area contributed by atoms with Crippen molar-refractivity contribution >= 4 is 28.5 Å². The van der Waals surface area contributed by atoms with Gasteiger partial charge >= 0.3 is 18.2 Å². The van der Waals surface area contributed by atoms with Crippen molar-refractivity contribution < 1.29 is 27.9 Å². The molecule has 100 valence electrons. The average Bonchev–Trinajstić information content (AvgIpc) is 2.67. The summed E-state index contributed by atoms with van der Waals surface area (Å²) in [4.78, 5) is 21.8. The highest BCUT2D eigenvalue weighted by Gasteiger charge is 2.58. The first-order chi connectivity index (χ1) is 8.17. The number of rotatable bonds is 3. The Bertz CT molecular complexity index is 449. The molecular weight excluding hydrogens is 277 g/mol. The van der Waals surface area contributed by atoms with E-state index in [1.807, 2.05) is 5.32 Å². The van der Waals surface area contributed by atoms with E-state index in [4.69, 9.17) is 5.11 Å². The first kappa shape index (κ1) is 14.2. The SMILES string of the molecule is CC(NC(=O)Nc1nncs1)(C(=O)O)C(F)(F)F. The molecule has 1 rings (SSSR count). The monoisotopic (exact) mass is 284 g/mol. The third-order valence-electron chi connectivity index (χ3n) is 1.94. The molecular formula is C7H7F3N4O3S. The molecule has 0 aliphatic heterocycles. The van der Waals surface area contributed by atoms with Gasteiger partial charge in [-0.05, 0) is 6.92 Å². The van der Waals surface area contributed by atoms with Crippen LogP contribution < -0.4 is 10.6 Å². The summed E-state index contributed by atoms with van der Waals surface area (Å²) >= 11 is 0.870. The van der Waals surface area contributed by atoms with E-state index in [2.05, 4.69) is 10.2 Å². The topological polar surface area (TPSA) is 104 Å². The van der Waals surface area contributed by atoms with Crippen LogP contribution in [0.2, 0.25) is 0 Å². The molecule has 0 spiro atoms. The van der Waals surface area contributed by atoms with Crippen LogP contribution in [0.5, 0.6) is 0 Å². The van der Waals surface area contributed by atoms with Gasteiger partial charge in [-0.2, -0.15) is 13.2 Å². The van der Waals surface area contributed by atoms with Gasteiger partial charge in [0.1, 0.15) is 5.51 Å². The molecule has 0 aliphatic carbocycles. The lowest BCUT2D eigenvalue weighted by Gasteiger charge is -2.28. The molecule has 1 heterocycles. The Morgan fingerprint density at radius 2 is 2.06 bits per heavy atom. The third kappa shape index (κ3) is 2.85. The molecule has 7 nitrogen and oxygen atoms in total. The van der Waals surface area contributed by atoms with E-state index in [0.717, 1.165) is 11.3 Å². The standard InChI is InChI=1S/C7H7F3N4O3S/c1-6(3(15)16,7(8,9)10)13-4(17)12-5-14-11-2-18-5/h2H,1H3,(H,15,16)(H2,12,13,14,17). The predicted octanol–water partition coefficient (Wildman–Crippen LogP) is 1.07. The largest absolute Gasteiger partial charge is 0.479 e. The van der Waals surface area contributed by atoms with E-state index < -0.39 is 23.7 Å². The number of carboxylic acids is 1.